The normalized spacial score (nSPS) is 30.8. The Morgan fingerprint density at radius 1 is 1.25 bits per heavy atom. The van der Waals surface area contributed by atoms with E-state index in [1.54, 1.807) is 7.11 Å². The molecular formula is C31H38F3N3O3. The third-order valence-electron chi connectivity index (χ3n) is 9.75. The maximum atomic E-state index is 14.5. The van der Waals surface area contributed by atoms with Crippen LogP contribution in [0.1, 0.15) is 48.1 Å². The van der Waals surface area contributed by atoms with Crippen molar-refractivity contribution >= 4 is 5.91 Å². The molecule has 2 aromatic rings. The van der Waals surface area contributed by atoms with Gasteiger partial charge >= 0.3 is 6.18 Å². The molecule has 1 aliphatic carbocycles. The standard InChI is InChI=1S/C31H38F3N3O3/c1-39-28-19-40-10-8-23(28)11-22-12-26-18-36(16-21-5-3-2-4-6-21)20-30(26,14-22)29(38)37-9-7-27-24(17-37)13-25(15-35-27)31(32,33)34/h2-6,13,15,22-23,26,28H,7-12,14,16-20H2,1H3/t22-,23?,26+,28?,30+/m1/s1. The van der Waals surface area contributed by atoms with Crippen LogP contribution < -0.4 is 0 Å². The Labute approximate surface area is 233 Å². The molecule has 3 fully saturated rings. The summed E-state index contributed by atoms with van der Waals surface area (Å²) in [6.07, 6.45) is 0.832. The summed E-state index contributed by atoms with van der Waals surface area (Å²) in [6.45, 7) is 4.40. The van der Waals surface area contributed by atoms with Gasteiger partial charge in [-0.3, -0.25) is 14.7 Å². The number of hydrogen-bond acceptors (Lipinski definition) is 5. The minimum absolute atomic E-state index is 0.0874. The van der Waals surface area contributed by atoms with E-state index in [1.807, 2.05) is 23.1 Å². The zero-order chi connectivity index (χ0) is 27.9. The second-order valence-corrected chi connectivity index (χ2v) is 12.3. The minimum Gasteiger partial charge on any atom is -0.379 e. The van der Waals surface area contributed by atoms with Gasteiger partial charge in [-0.1, -0.05) is 30.3 Å². The van der Waals surface area contributed by atoms with Gasteiger partial charge in [-0.2, -0.15) is 13.2 Å². The number of amides is 1. The summed E-state index contributed by atoms with van der Waals surface area (Å²) in [5.74, 6) is 1.18. The molecule has 6 rings (SSSR count). The van der Waals surface area contributed by atoms with Crippen LogP contribution in [-0.2, 0) is 40.0 Å². The molecule has 0 spiro atoms. The molecule has 1 aromatic carbocycles. The van der Waals surface area contributed by atoms with Crippen LogP contribution in [0.2, 0.25) is 0 Å². The Kier molecular flexibility index (Phi) is 7.65. The Morgan fingerprint density at radius 3 is 2.85 bits per heavy atom. The summed E-state index contributed by atoms with van der Waals surface area (Å²) in [5.41, 5.74) is 1.14. The van der Waals surface area contributed by atoms with Gasteiger partial charge in [0.25, 0.3) is 0 Å². The maximum absolute atomic E-state index is 14.5. The molecule has 0 radical (unpaired) electrons. The monoisotopic (exact) mass is 557 g/mol. The molecule has 6 nitrogen and oxygen atoms in total. The molecule has 1 saturated carbocycles. The molecule has 4 heterocycles. The summed E-state index contributed by atoms with van der Waals surface area (Å²) in [5, 5.41) is 0. The van der Waals surface area contributed by atoms with Crippen molar-refractivity contribution in [3.63, 3.8) is 0 Å². The van der Waals surface area contributed by atoms with Gasteiger partial charge in [0.05, 0.1) is 23.7 Å². The fourth-order valence-corrected chi connectivity index (χ4v) is 7.87. The van der Waals surface area contributed by atoms with E-state index in [9.17, 15) is 18.0 Å². The van der Waals surface area contributed by atoms with Gasteiger partial charge in [-0.15, -0.1) is 0 Å². The lowest BCUT2D eigenvalue weighted by Gasteiger charge is -2.37. The SMILES string of the molecule is COC1COCCC1C[C@@H]1C[C@H]2CN(Cc3ccccc3)C[C@@]2(C(=O)N2CCc3ncc(C(F)(F)F)cc3C2)C1. The van der Waals surface area contributed by atoms with E-state index in [2.05, 4.69) is 22.0 Å². The molecule has 40 heavy (non-hydrogen) atoms. The van der Waals surface area contributed by atoms with Crippen molar-refractivity contribution in [1.29, 1.82) is 0 Å². The van der Waals surface area contributed by atoms with Crippen molar-refractivity contribution in [1.82, 2.24) is 14.8 Å². The summed E-state index contributed by atoms with van der Waals surface area (Å²) in [7, 11) is 1.75. The van der Waals surface area contributed by atoms with Crippen LogP contribution in [0.25, 0.3) is 0 Å². The fourth-order valence-electron chi connectivity index (χ4n) is 7.87. The molecule has 0 bridgehead atoms. The predicted octanol–water partition coefficient (Wildman–Crippen LogP) is 4.96. The van der Waals surface area contributed by atoms with E-state index >= 15 is 0 Å². The number of methoxy groups -OCH3 is 1. The van der Waals surface area contributed by atoms with E-state index < -0.39 is 17.2 Å². The van der Waals surface area contributed by atoms with Crippen LogP contribution in [0.4, 0.5) is 13.2 Å². The second kappa shape index (κ2) is 11.1. The first kappa shape index (κ1) is 27.7. The number of aromatic nitrogens is 1. The van der Waals surface area contributed by atoms with Crippen LogP contribution in [0.15, 0.2) is 42.6 Å². The van der Waals surface area contributed by atoms with Crippen LogP contribution in [0.3, 0.4) is 0 Å². The smallest absolute Gasteiger partial charge is 0.379 e. The Hall–Kier alpha value is -2.49. The summed E-state index contributed by atoms with van der Waals surface area (Å²) in [6, 6.07) is 11.5. The van der Waals surface area contributed by atoms with Gasteiger partial charge in [0.2, 0.25) is 5.91 Å². The predicted molar refractivity (Wildman–Crippen MR) is 143 cm³/mol. The van der Waals surface area contributed by atoms with E-state index in [4.69, 9.17) is 9.47 Å². The molecular weight excluding hydrogens is 519 g/mol. The molecule has 1 amide bonds. The first-order valence-electron chi connectivity index (χ1n) is 14.5. The van der Waals surface area contributed by atoms with E-state index in [0.29, 0.717) is 49.2 Å². The minimum atomic E-state index is -4.45. The Balaban J connectivity index is 1.23. The lowest BCUT2D eigenvalue weighted by molar-refractivity contribution is -0.144. The van der Waals surface area contributed by atoms with Crippen LogP contribution in [-0.4, -0.2) is 66.8 Å². The number of pyridine rings is 1. The summed E-state index contributed by atoms with van der Waals surface area (Å²) >= 11 is 0. The average molecular weight is 558 g/mol. The highest BCUT2D eigenvalue weighted by molar-refractivity contribution is 5.84. The number of likely N-dealkylation sites (tertiary alicyclic amines) is 1. The van der Waals surface area contributed by atoms with E-state index in [-0.39, 0.29) is 24.5 Å². The van der Waals surface area contributed by atoms with Gasteiger partial charge in [0, 0.05) is 64.8 Å². The third-order valence-corrected chi connectivity index (χ3v) is 9.75. The van der Waals surface area contributed by atoms with Crippen molar-refractivity contribution in [2.24, 2.45) is 23.2 Å². The molecule has 9 heteroatoms. The summed E-state index contributed by atoms with van der Waals surface area (Å²) < 4.78 is 51.6. The molecule has 2 saturated heterocycles. The zero-order valence-corrected chi connectivity index (χ0v) is 23.0. The van der Waals surface area contributed by atoms with Crippen LogP contribution >= 0.6 is 0 Å². The van der Waals surface area contributed by atoms with Crippen LogP contribution in [0.5, 0.6) is 0 Å². The van der Waals surface area contributed by atoms with Crippen LogP contribution in [0, 0.1) is 23.2 Å². The molecule has 4 aliphatic rings. The van der Waals surface area contributed by atoms with Gasteiger partial charge in [0.1, 0.15) is 0 Å². The Bertz CT molecular complexity index is 1210. The van der Waals surface area contributed by atoms with Gasteiger partial charge in [-0.25, -0.2) is 0 Å². The first-order valence-corrected chi connectivity index (χ1v) is 14.5. The number of hydrogen-bond donors (Lipinski definition) is 0. The van der Waals surface area contributed by atoms with Gasteiger partial charge in [0.15, 0.2) is 0 Å². The highest BCUT2D eigenvalue weighted by Crippen LogP contribution is 2.55. The number of ether oxygens (including phenoxy) is 2. The number of halogens is 3. The van der Waals surface area contributed by atoms with Crippen molar-refractivity contribution in [2.75, 3.05) is 40.0 Å². The molecule has 1 aromatic heterocycles. The molecule has 2 unspecified atom stereocenters. The highest BCUT2D eigenvalue weighted by Gasteiger charge is 2.58. The number of nitrogens with zero attached hydrogens (tertiary/aromatic N) is 3. The number of carbonyl (C=O) groups is 1. The second-order valence-electron chi connectivity index (χ2n) is 12.3. The van der Waals surface area contributed by atoms with Crippen molar-refractivity contribution in [2.45, 2.75) is 57.5 Å². The lowest BCUT2D eigenvalue weighted by Crippen LogP contribution is -2.48. The molecule has 216 valence electrons. The zero-order valence-electron chi connectivity index (χ0n) is 23.0. The lowest BCUT2D eigenvalue weighted by atomic mass is 9.78. The molecule has 5 atom stereocenters. The van der Waals surface area contributed by atoms with Crippen molar-refractivity contribution < 1.29 is 27.4 Å². The average Bonchev–Trinajstić information content (AvgIpc) is 3.46. The number of carbonyl (C=O) groups excluding carboxylic acids is 1. The number of benzene rings is 1. The maximum Gasteiger partial charge on any atom is 0.417 e. The topological polar surface area (TPSA) is 54.9 Å². The first-order chi connectivity index (χ1) is 19.2. The number of alkyl halides is 3. The quantitative estimate of drug-likeness (QED) is 0.503. The molecule has 3 aliphatic heterocycles. The highest BCUT2D eigenvalue weighted by atomic mass is 19.4. The number of fused-ring (bicyclic) bond motifs is 2. The summed E-state index contributed by atoms with van der Waals surface area (Å²) in [4.78, 5) is 22.8. The fraction of sp³-hybridized carbons (Fsp3) is 0.613. The van der Waals surface area contributed by atoms with Gasteiger partial charge in [-0.05, 0) is 60.6 Å². The van der Waals surface area contributed by atoms with Crippen molar-refractivity contribution in [3.05, 3.63) is 65.0 Å². The largest absolute Gasteiger partial charge is 0.417 e. The van der Waals surface area contributed by atoms with Crippen molar-refractivity contribution in [3.8, 4) is 0 Å². The van der Waals surface area contributed by atoms with Gasteiger partial charge < -0.3 is 14.4 Å². The third kappa shape index (κ3) is 5.40. The Morgan fingerprint density at radius 2 is 2.08 bits per heavy atom. The number of rotatable bonds is 6. The molecule has 0 N–H and O–H groups in total. The van der Waals surface area contributed by atoms with E-state index in [0.717, 1.165) is 51.6 Å². The van der Waals surface area contributed by atoms with E-state index in [1.165, 1.54) is 11.6 Å².